The number of ether oxygens (including phenoxy) is 1. The number of nitrogens with two attached hydrogens (primary N) is 1. The molecule has 1 aliphatic rings. The molecule has 0 radical (unpaired) electrons. The molecule has 1 fully saturated rings. The van der Waals surface area contributed by atoms with Crippen LogP contribution in [0.15, 0.2) is 24.3 Å². The number of rotatable bonds is 7. The van der Waals surface area contributed by atoms with E-state index in [1.165, 1.54) is 0 Å². The summed E-state index contributed by atoms with van der Waals surface area (Å²) in [6.07, 6.45) is 2.43. The van der Waals surface area contributed by atoms with E-state index in [2.05, 4.69) is 15.6 Å². The van der Waals surface area contributed by atoms with Gasteiger partial charge in [0.2, 0.25) is 0 Å². The molecule has 2 aromatic rings. The van der Waals surface area contributed by atoms with E-state index in [0.29, 0.717) is 23.9 Å². The molecule has 1 saturated carbocycles. The number of carbonyl (C=O) groups is 1. The van der Waals surface area contributed by atoms with Crippen LogP contribution in [-0.2, 0) is 0 Å². The third-order valence-electron chi connectivity index (χ3n) is 4.29. The van der Waals surface area contributed by atoms with E-state index < -0.39 is 0 Å². The number of nitrogens with one attached hydrogen (secondary N) is 1. The molecule has 0 aliphatic heterocycles. The molecule has 0 spiro atoms. The van der Waals surface area contributed by atoms with Crippen LogP contribution in [0.5, 0.6) is 5.75 Å². The number of carbonyl (C=O) groups excluding carboxylic acids is 1. The van der Waals surface area contributed by atoms with Gasteiger partial charge >= 0.3 is 0 Å². The molecule has 1 unspecified atom stereocenters. The predicted molar refractivity (Wildman–Crippen MR) is 94.9 cm³/mol. The number of hydrogen-bond donors (Lipinski definition) is 2. The van der Waals surface area contributed by atoms with E-state index in [1.54, 1.807) is 4.68 Å². The average molecular weight is 343 g/mol. The van der Waals surface area contributed by atoms with Gasteiger partial charge in [-0.05, 0) is 63.8 Å². The van der Waals surface area contributed by atoms with Crippen molar-refractivity contribution in [2.24, 2.45) is 11.7 Å². The van der Waals surface area contributed by atoms with E-state index in [1.807, 2.05) is 45.0 Å². The van der Waals surface area contributed by atoms with Gasteiger partial charge in [-0.2, -0.15) is 0 Å². The van der Waals surface area contributed by atoms with Crippen molar-refractivity contribution >= 4 is 5.91 Å². The second-order valence-electron chi connectivity index (χ2n) is 6.81. The predicted octanol–water partition coefficient (Wildman–Crippen LogP) is 1.83. The Kier molecular flexibility index (Phi) is 5.03. The van der Waals surface area contributed by atoms with E-state index in [4.69, 9.17) is 10.5 Å². The van der Waals surface area contributed by atoms with Crippen molar-refractivity contribution in [3.63, 3.8) is 0 Å². The summed E-state index contributed by atoms with van der Waals surface area (Å²) in [5.41, 5.74) is 7.86. The molecule has 3 rings (SSSR count). The fourth-order valence-electron chi connectivity index (χ4n) is 2.71. The van der Waals surface area contributed by atoms with Crippen LogP contribution in [0.4, 0.5) is 0 Å². The lowest BCUT2D eigenvalue weighted by molar-refractivity contribution is 0.0944. The summed E-state index contributed by atoms with van der Waals surface area (Å²) in [6, 6.07) is 7.57. The van der Waals surface area contributed by atoms with Crippen LogP contribution in [-0.4, -0.2) is 39.6 Å². The summed E-state index contributed by atoms with van der Waals surface area (Å²) >= 11 is 0. The number of nitrogens with zero attached hydrogens (tertiary/aromatic N) is 3. The first kappa shape index (κ1) is 17.4. The van der Waals surface area contributed by atoms with Crippen LogP contribution in [0.3, 0.4) is 0 Å². The lowest BCUT2D eigenvalue weighted by Gasteiger charge is -2.11. The first-order valence-electron chi connectivity index (χ1n) is 8.69. The zero-order valence-electron chi connectivity index (χ0n) is 14.9. The lowest BCUT2D eigenvalue weighted by atomic mass is 10.2. The van der Waals surface area contributed by atoms with Crippen molar-refractivity contribution in [3.05, 3.63) is 35.7 Å². The second-order valence-corrected chi connectivity index (χ2v) is 6.81. The second kappa shape index (κ2) is 7.23. The van der Waals surface area contributed by atoms with Crippen LogP contribution >= 0.6 is 0 Å². The molecule has 1 aliphatic carbocycles. The van der Waals surface area contributed by atoms with Gasteiger partial charge in [0.25, 0.3) is 5.91 Å². The van der Waals surface area contributed by atoms with Crippen molar-refractivity contribution in [2.75, 3.05) is 6.54 Å². The third kappa shape index (κ3) is 4.17. The Labute approximate surface area is 147 Å². The quantitative estimate of drug-likeness (QED) is 0.800. The van der Waals surface area contributed by atoms with Crippen LogP contribution in [0.25, 0.3) is 5.69 Å². The van der Waals surface area contributed by atoms with Crippen molar-refractivity contribution in [1.29, 1.82) is 0 Å². The van der Waals surface area contributed by atoms with E-state index in [0.717, 1.165) is 24.3 Å². The Hall–Kier alpha value is -2.41. The summed E-state index contributed by atoms with van der Waals surface area (Å²) in [7, 11) is 0. The molecule has 7 nitrogen and oxygen atoms in total. The average Bonchev–Trinajstić information content (AvgIpc) is 3.36. The van der Waals surface area contributed by atoms with Crippen molar-refractivity contribution in [1.82, 2.24) is 20.3 Å². The molecule has 1 heterocycles. The highest BCUT2D eigenvalue weighted by Gasteiger charge is 2.29. The SMILES string of the molecule is Cc1c(C(=O)NCC(N)C2CC2)nnn1-c1ccc(OC(C)C)cc1. The molecule has 3 N–H and O–H groups in total. The largest absolute Gasteiger partial charge is 0.491 e. The monoisotopic (exact) mass is 343 g/mol. The normalized spacial score (nSPS) is 15.2. The van der Waals surface area contributed by atoms with Gasteiger partial charge in [-0.3, -0.25) is 4.79 Å². The summed E-state index contributed by atoms with van der Waals surface area (Å²) in [5.74, 6) is 1.10. The fourth-order valence-corrected chi connectivity index (χ4v) is 2.71. The third-order valence-corrected chi connectivity index (χ3v) is 4.29. The maximum absolute atomic E-state index is 12.3. The first-order valence-corrected chi connectivity index (χ1v) is 8.69. The van der Waals surface area contributed by atoms with Gasteiger partial charge in [-0.25, -0.2) is 4.68 Å². The van der Waals surface area contributed by atoms with E-state index >= 15 is 0 Å². The smallest absolute Gasteiger partial charge is 0.273 e. The number of aromatic nitrogens is 3. The standard InChI is InChI=1S/C18H25N5O2/c1-11(2)25-15-8-6-14(7-9-15)23-12(3)17(21-22-23)18(24)20-10-16(19)13-4-5-13/h6-9,11,13,16H,4-5,10,19H2,1-3H3,(H,20,24). The Morgan fingerprint density at radius 1 is 1.36 bits per heavy atom. The molecule has 1 amide bonds. The van der Waals surface area contributed by atoms with Crippen LogP contribution in [0.2, 0.25) is 0 Å². The summed E-state index contributed by atoms with van der Waals surface area (Å²) in [5, 5.41) is 11.0. The molecule has 0 saturated heterocycles. The molecular weight excluding hydrogens is 318 g/mol. The van der Waals surface area contributed by atoms with Crippen LogP contribution < -0.4 is 15.8 Å². The molecule has 1 aromatic heterocycles. The van der Waals surface area contributed by atoms with Crippen LogP contribution in [0.1, 0.15) is 42.9 Å². The van der Waals surface area contributed by atoms with Gasteiger partial charge in [0.15, 0.2) is 5.69 Å². The maximum atomic E-state index is 12.3. The van der Waals surface area contributed by atoms with E-state index in [9.17, 15) is 4.79 Å². The first-order chi connectivity index (χ1) is 12.0. The fraction of sp³-hybridized carbons (Fsp3) is 0.500. The molecular formula is C18H25N5O2. The molecule has 25 heavy (non-hydrogen) atoms. The summed E-state index contributed by atoms with van der Waals surface area (Å²) in [4.78, 5) is 12.3. The number of amides is 1. The Morgan fingerprint density at radius 3 is 2.64 bits per heavy atom. The molecule has 134 valence electrons. The molecule has 7 heteroatoms. The summed E-state index contributed by atoms with van der Waals surface area (Å²) < 4.78 is 7.28. The van der Waals surface area contributed by atoms with Crippen molar-refractivity contribution in [3.8, 4) is 11.4 Å². The zero-order chi connectivity index (χ0) is 18.0. The molecule has 0 bridgehead atoms. The van der Waals surface area contributed by atoms with Gasteiger partial charge in [0, 0.05) is 12.6 Å². The van der Waals surface area contributed by atoms with Gasteiger partial charge in [0.05, 0.1) is 17.5 Å². The van der Waals surface area contributed by atoms with Gasteiger partial charge < -0.3 is 15.8 Å². The minimum Gasteiger partial charge on any atom is -0.491 e. The van der Waals surface area contributed by atoms with Crippen molar-refractivity contribution in [2.45, 2.75) is 45.8 Å². The number of benzene rings is 1. The highest BCUT2D eigenvalue weighted by atomic mass is 16.5. The highest BCUT2D eigenvalue weighted by molar-refractivity contribution is 5.93. The Bertz CT molecular complexity index is 734. The Balaban J connectivity index is 1.68. The van der Waals surface area contributed by atoms with Crippen molar-refractivity contribution < 1.29 is 9.53 Å². The van der Waals surface area contributed by atoms with Gasteiger partial charge in [-0.15, -0.1) is 5.10 Å². The van der Waals surface area contributed by atoms with Gasteiger partial charge in [-0.1, -0.05) is 5.21 Å². The zero-order valence-corrected chi connectivity index (χ0v) is 14.9. The topological polar surface area (TPSA) is 95.1 Å². The molecule has 1 aromatic carbocycles. The molecule has 1 atom stereocenters. The van der Waals surface area contributed by atoms with E-state index in [-0.39, 0.29) is 18.1 Å². The van der Waals surface area contributed by atoms with Gasteiger partial charge in [0.1, 0.15) is 5.75 Å². The number of hydrogen-bond acceptors (Lipinski definition) is 5. The minimum absolute atomic E-state index is 0.0211. The summed E-state index contributed by atoms with van der Waals surface area (Å²) in [6.45, 7) is 6.26. The maximum Gasteiger partial charge on any atom is 0.273 e. The highest BCUT2D eigenvalue weighted by Crippen LogP contribution is 2.31. The van der Waals surface area contributed by atoms with Crippen LogP contribution in [0, 0.1) is 12.8 Å². The minimum atomic E-state index is -0.236. The Morgan fingerprint density at radius 2 is 2.04 bits per heavy atom. The lowest BCUT2D eigenvalue weighted by Crippen LogP contribution is -2.38.